The van der Waals surface area contributed by atoms with Gasteiger partial charge in [0.2, 0.25) is 0 Å². The van der Waals surface area contributed by atoms with Crippen LogP contribution in [-0.4, -0.2) is 12.8 Å². The Bertz CT molecular complexity index is 657. The summed E-state index contributed by atoms with van der Waals surface area (Å²) in [5, 5.41) is 0. The Morgan fingerprint density at radius 1 is 1.16 bits per heavy atom. The van der Waals surface area contributed by atoms with Gasteiger partial charge >= 0.3 is 0 Å². The number of aldehydes is 1. The minimum Gasteiger partial charge on any atom is -0.340 e. The van der Waals surface area contributed by atoms with Crippen LogP contribution in [0.5, 0.6) is 0 Å². The van der Waals surface area contributed by atoms with E-state index in [1.165, 1.54) is 12.1 Å². The summed E-state index contributed by atoms with van der Waals surface area (Å²) in [6, 6.07) is 10.3. The lowest BCUT2D eigenvalue weighted by Crippen LogP contribution is -2.15. The summed E-state index contributed by atoms with van der Waals surface area (Å²) in [5.74, 6) is -0.256. The zero-order valence-electron chi connectivity index (χ0n) is 10.1. The monoisotopic (exact) mass is 319 g/mol. The van der Waals surface area contributed by atoms with Crippen molar-refractivity contribution in [3.05, 3.63) is 57.8 Å². The number of fused-ring (bicyclic) bond motifs is 1. The van der Waals surface area contributed by atoms with E-state index >= 15 is 0 Å². The fourth-order valence-electron chi connectivity index (χ4n) is 2.45. The number of carbonyl (C=O) groups excluding carboxylic acids is 1. The molecule has 0 saturated heterocycles. The van der Waals surface area contributed by atoms with Crippen LogP contribution in [0.3, 0.4) is 0 Å². The zero-order valence-corrected chi connectivity index (χ0v) is 11.7. The van der Waals surface area contributed by atoms with Gasteiger partial charge in [0.1, 0.15) is 5.82 Å². The topological polar surface area (TPSA) is 20.3 Å². The predicted molar refractivity (Wildman–Crippen MR) is 76.6 cm³/mol. The van der Waals surface area contributed by atoms with Crippen LogP contribution in [0, 0.1) is 5.82 Å². The van der Waals surface area contributed by atoms with Crippen LogP contribution >= 0.6 is 15.9 Å². The second-order valence-corrected chi connectivity index (χ2v) is 5.41. The maximum Gasteiger partial charge on any atom is 0.152 e. The summed E-state index contributed by atoms with van der Waals surface area (Å²) in [5.41, 5.74) is 3.38. The molecule has 0 spiro atoms. The number of rotatable bonds is 2. The zero-order chi connectivity index (χ0) is 13.4. The van der Waals surface area contributed by atoms with Crippen molar-refractivity contribution in [3.8, 4) is 0 Å². The first kappa shape index (κ1) is 12.4. The number of anilines is 2. The summed E-state index contributed by atoms with van der Waals surface area (Å²) < 4.78 is 14.3. The fraction of sp³-hybridized carbons (Fsp3) is 0.133. The van der Waals surface area contributed by atoms with Gasteiger partial charge in [0.15, 0.2) is 6.29 Å². The van der Waals surface area contributed by atoms with E-state index in [4.69, 9.17) is 0 Å². The quantitative estimate of drug-likeness (QED) is 0.777. The van der Waals surface area contributed by atoms with Crippen molar-refractivity contribution in [1.82, 2.24) is 0 Å². The molecule has 0 aliphatic carbocycles. The summed E-state index contributed by atoms with van der Waals surface area (Å²) in [6.45, 7) is 0.760. The van der Waals surface area contributed by atoms with Crippen LogP contribution in [0.2, 0.25) is 0 Å². The number of nitrogens with zero attached hydrogens (tertiary/aromatic N) is 1. The van der Waals surface area contributed by atoms with Crippen LogP contribution in [0.1, 0.15) is 15.9 Å². The molecule has 0 unspecified atom stereocenters. The summed E-state index contributed by atoms with van der Waals surface area (Å²) in [6.07, 6.45) is 1.69. The first-order valence-corrected chi connectivity index (χ1v) is 6.79. The van der Waals surface area contributed by atoms with Crippen LogP contribution < -0.4 is 4.90 Å². The minimum atomic E-state index is -0.256. The number of hydrogen-bond acceptors (Lipinski definition) is 2. The second-order valence-electron chi connectivity index (χ2n) is 4.50. The largest absolute Gasteiger partial charge is 0.340 e. The Hall–Kier alpha value is -1.68. The van der Waals surface area contributed by atoms with Crippen molar-refractivity contribution < 1.29 is 9.18 Å². The maximum absolute atomic E-state index is 13.4. The second kappa shape index (κ2) is 4.78. The van der Waals surface area contributed by atoms with Crippen LogP contribution in [0.4, 0.5) is 15.8 Å². The van der Waals surface area contributed by atoms with E-state index in [1.54, 1.807) is 6.07 Å². The minimum absolute atomic E-state index is 0.256. The van der Waals surface area contributed by atoms with Crippen LogP contribution in [0.25, 0.3) is 0 Å². The first-order chi connectivity index (χ1) is 9.19. The van der Waals surface area contributed by atoms with Crippen LogP contribution in [-0.2, 0) is 6.42 Å². The van der Waals surface area contributed by atoms with E-state index < -0.39 is 0 Å². The Morgan fingerprint density at radius 2 is 2.00 bits per heavy atom. The van der Waals surface area contributed by atoms with Gasteiger partial charge in [-0.05, 0) is 42.3 Å². The maximum atomic E-state index is 13.4. The number of hydrogen-bond donors (Lipinski definition) is 0. The van der Waals surface area contributed by atoms with E-state index in [0.717, 1.165) is 40.7 Å². The molecule has 0 fully saturated rings. The molecule has 0 N–H and O–H groups in total. The molecule has 0 bridgehead atoms. The highest BCUT2D eigenvalue weighted by Crippen LogP contribution is 2.37. The van der Waals surface area contributed by atoms with Crippen molar-refractivity contribution >= 4 is 33.6 Å². The lowest BCUT2D eigenvalue weighted by atomic mass is 10.1. The molecule has 1 aliphatic heterocycles. The molecule has 19 heavy (non-hydrogen) atoms. The van der Waals surface area contributed by atoms with Gasteiger partial charge in [-0.3, -0.25) is 4.79 Å². The van der Waals surface area contributed by atoms with Crippen molar-refractivity contribution in [2.75, 3.05) is 11.4 Å². The highest BCUT2D eigenvalue weighted by atomic mass is 79.9. The van der Waals surface area contributed by atoms with Gasteiger partial charge in [-0.2, -0.15) is 0 Å². The molecule has 0 radical (unpaired) electrons. The molecule has 3 rings (SSSR count). The van der Waals surface area contributed by atoms with Gasteiger partial charge in [0.05, 0.1) is 5.69 Å². The molecule has 0 aromatic heterocycles. The van der Waals surface area contributed by atoms with Gasteiger partial charge in [-0.15, -0.1) is 0 Å². The molecule has 2 aromatic rings. The Balaban J connectivity index is 2.13. The van der Waals surface area contributed by atoms with E-state index in [1.807, 2.05) is 23.1 Å². The van der Waals surface area contributed by atoms with Crippen LogP contribution in [0.15, 0.2) is 40.9 Å². The normalized spacial score (nSPS) is 13.5. The molecule has 0 atom stereocenters. The third kappa shape index (κ3) is 2.16. The van der Waals surface area contributed by atoms with Gasteiger partial charge in [0, 0.05) is 22.3 Å². The third-order valence-electron chi connectivity index (χ3n) is 3.35. The van der Waals surface area contributed by atoms with Gasteiger partial charge < -0.3 is 4.90 Å². The highest BCUT2D eigenvalue weighted by Gasteiger charge is 2.22. The molecule has 1 aliphatic rings. The predicted octanol–water partition coefficient (Wildman–Crippen LogP) is 4.09. The van der Waals surface area contributed by atoms with Gasteiger partial charge in [-0.25, -0.2) is 4.39 Å². The molecule has 2 nitrogen and oxygen atoms in total. The molecule has 0 saturated carbocycles. The van der Waals surface area contributed by atoms with Crippen molar-refractivity contribution in [2.45, 2.75) is 6.42 Å². The van der Waals surface area contributed by atoms with E-state index in [2.05, 4.69) is 15.9 Å². The van der Waals surface area contributed by atoms with Crippen molar-refractivity contribution in [2.24, 2.45) is 0 Å². The number of halogens is 2. The number of carbonyl (C=O) groups is 1. The lowest BCUT2D eigenvalue weighted by Gasteiger charge is -2.21. The lowest BCUT2D eigenvalue weighted by molar-refractivity contribution is 0.112. The smallest absolute Gasteiger partial charge is 0.152 e. The highest BCUT2D eigenvalue weighted by molar-refractivity contribution is 9.10. The van der Waals surface area contributed by atoms with Crippen molar-refractivity contribution in [3.63, 3.8) is 0 Å². The average Bonchev–Trinajstić information content (AvgIpc) is 2.81. The fourth-order valence-corrected chi connectivity index (χ4v) is 2.80. The molecule has 0 amide bonds. The third-order valence-corrected chi connectivity index (χ3v) is 3.85. The van der Waals surface area contributed by atoms with Gasteiger partial charge in [-0.1, -0.05) is 22.0 Å². The molecule has 2 aromatic carbocycles. The molecular weight excluding hydrogens is 309 g/mol. The van der Waals surface area contributed by atoms with E-state index in [0.29, 0.717) is 5.56 Å². The van der Waals surface area contributed by atoms with Gasteiger partial charge in [0.25, 0.3) is 0 Å². The summed E-state index contributed by atoms with van der Waals surface area (Å²) >= 11 is 3.41. The Morgan fingerprint density at radius 3 is 2.79 bits per heavy atom. The summed E-state index contributed by atoms with van der Waals surface area (Å²) in [7, 11) is 0. The average molecular weight is 320 g/mol. The van der Waals surface area contributed by atoms with Crippen molar-refractivity contribution in [1.29, 1.82) is 0 Å². The molecule has 96 valence electrons. The molecular formula is C15H11BrFNO. The summed E-state index contributed by atoms with van der Waals surface area (Å²) in [4.78, 5) is 13.2. The Kier molecular flexibility index (Phi) is 3.11. The standard InChI is InChI=1S/C15H11BrFNO/c16-12-3-1-11(9-19)14(7-12)18-6-5-10-2-4-13(17)8-15(10)18/h1-4,7-9H,5-6H2. The molecule has 1 heterocycles. The van der Waals surface area contributed by atoms with E-state index in [-0.39, 0.29) is 5.82 Å². The molecule has 4 heteroatoms. The Labute approximate surface area is 119 Å². The SMILES string of the molecule is O=Cc1ccc(Br)cc1N1CCc2ccc(F)cc21. The first-order valence-electron chi connectivity index (χ1n) is 6.00. The number of benzene rings is 2. The van der Waals surface area contributed by atoms with E-state index in [9.17, 15) is 9.18 Å².